The lowest BCUT2D eigenvalue weighted by atomic mass is 10.1. The van der Waals surface area contributed by atoms with Crippen LogP contribution in [0.1, 0.15) is 17.1 Å². The van der Waals surface area contributed by atoms with Crippen molar-refractivity contribution < 1.29 is 14.0 Å². The molecule has 0 unspecified atom stereocenters. The highest BCUT2D eigenvalue weighted by molar-refractivity contribution is 7.94. The maximum absolute atomic E-state index is 12.1. The average molecular weight is 338 g/mol. The van der Waals surface area contributed by atoms with Gasteiger partial charge < -0.3 is 10.3 Å². The lowest BCUT2D eigenvalue weighted by Crippen LogP contribution is -2.03. The molecule has 22 heavy (non-hydrogen) atoms. The summed E-state index contributed by atoms with van der Waals surface area (Å²) in [5.41, 5.74) is 2.82. The molecule has 0 radical (unpaired) electrons. The van der Waals surface area contributed by atoms with E-state index in [9.17, 15) is 4.79 Å². The number of anilines is 1. The summed E-state index contributed by atoms with van der Waals surface area (Å²) in [5, 5.41) is 4.00. The highest BCUT2D eigenvalue weighted by Crippen LogP contribution is 2.35. The summed E-state index contributed by atoms with van der Waals surface area (Å²) in [6.45, 7) is 1.86. The Morgan fingerprint density at radius 3 is 3.00 bits per heavy atom. The quantitative estimate of drug-likeness (QED) is 0.387. The fourth-order valence-corrected chi connectivity index (χ4v) is 2.74. The average Bonchev–Trinajstić information content (AvgIpc) is 2.98. The van der Waals surface area contributed by atoms with Crippen LogP contribution in [0.3, 0.4) is 0 Å². The van der Waals surface area contributed by atoms with Gasteiger partial charge in [0.25, 0.3) is 5.91 Å². The predicted octanol–water partition coefficient (Wildman–Crippen LogP) is 3.45. The first kappa shape index (κ1) is 15.1. The Balaban J connectivity index is 1.96. The number of H-pyrrole nitrogens is 1. The van der Waals surface area contributed by atoms with Crippen LogP contribution < -0.4 is 5.32 Å². The van der Waals surface area contributed by atoms with Crippen LogP contribution in [0, 0.1) is 6.92 Å². The van der Waals surface area contributed by atoms with E-state index in [-0.39, 0.29) is 5.91 Å². The number of nitrogens with one attached hydrogen (secondary N) is 2. The molecular formula is C14H12ClN3O3S. The zero-order valence-corrected chi connectivity index (χ0v) is 13.3. The van der Waals surface area contributed by atoms with Crippen LogP contribution in [0.25, 0.3) is 11.6 Å². The van der Waals surface area contributed by atoms with Crippen molar-refractivity contribution in [3.05, 3.63) is 40.3 Å². The fourth-order valence-electron chi connectivity index (χ4n) is 2.12. The first-order valence-corrected chi connectivity index (χ1v) is 7.47. The highest BCUT2D eigenvalue weighted by Gasteiger charge is 2.24. The number of imidazole rings is 1. The number of aromatic nitrogens is 2. The fraction of sp³-hybridized carbons (Fsp3) is 0.143. The van der Waals surface area contributed by atoms with Crippen LogP contribution in [0.5, 0.6) is 0 Å². The van der Waals surface area contributed by atoms with Gasteiger partial charge in [0.05, 0.1) is 24.7 Å². The largest absolute Gasteiger partial charge is 0.342 e. The second-order valence-corrected chi connectivity index (χ2v) is 5.70. The molecule has 8 heteroatoms. The number of carbonyl (C=O) groups is 1. The lowest BCUT2D eigenvalue weighted by Gasteiger charge is -1.98. The van der Waals surface area contributed by atoms with Gasteiger partial charge in [0.2, 0.25) is 0 Å². The van der Waals surface area contributed by atoms with Crippen molar-refractivity contribution in [2.24, 2.45) is 0 Å². The van der Waals surface area contributed by atoms with E-state index >= 15 is 0 Å². The zero-order chi connectivity index (χ0) is 15.7. The Bertz CT molecular complexity index is 773. The molecule has 1 amide bonds. The third-order valence-corrected chi connectivity index (χ3v) is 4.08. The molecule has 2 N–H and O–H groups in total. The van der Waals surface area contributed by atoms with Crippen molar-refractivity contribution >= 4 is 46.9 Å². The van der Waals surface area contributed by atoms with E-state index in [1.165, 1.54) is 7.11 Å². The number of fused-ring (bicyclic) bond motifs is 1. The molecule has 1 aromatic carbocycles. The van der Waals surface area contributed by atoms with Gasteiger partial charge in [-0.3, -0.25) is 4.79 Å². The molecule has 114 valence electrons. The van der Waals surface area contributed by atoms with Crippen LogP contribution in [-0.4, -0.2) is 23.0 Å². The van der Waals surface area contributed by atoms with Crippen LogP contribution in [0.4, 0.5) is 5.69 Å². The number of rotatable bonds is 4. The van der Waals surface area contributed by atoms with Crippen molar-refractivity contribution in [1.29, 1.82) is 0 Å². The van der Waals surface area contributed by atoms with Crippen molar-refractivity contribution in [1.82, 2.24) is 9.97 Å². The maximum Gasteiger partial charge on any atom is 0.256 e. The van der Waals surface area contributed by atoms with Gasteiger partial charge in [-0.15, -0.1) is 0 Å². The minimum atomic E-state index is -0.186. The van der Waals surface area contributed by atoms with Gasteiger partial charge in [0.15, 0.2) is 0 Å². The second kappa shape index (κ2) is 6.13. The number of hydrogen-bond acceptors (Lipinski definition) is 5. The molecule has 0 saturated carbocycles. The predicted molar refractivity (Wildman–Crippen MR) is 85.2 cm³/mol. The summed E-state index contributed by atoms with van der Waals surface area (Å²) in [4.78, 5) is 24.1. The summed E-state index contributed by atoms with van der Waals surface area (Å²) < 4.78 is 4.79. The number of aromatic amines is 1. The number of aryl methyl sites for hydroxylation is 1. The first-order valence-electron chi connectivity index (χ1n) is 6.35. The molecule has 0 bridgehead atoms. The third kappa shape index (κ3) is 2.89. The molecule has 0 fully saturated rings. The summed E-state index contributed by atoms with van der Waals surface area (Å²) in [5.74, 6) is 0.367. The SMILES string of the molecule is COOSc1nc(C=C2C(=O)Nc3ccc(Cl)cc32)[nH]c1C. The van der Waals surface area contributed by atoms with Gasteiger partial charge in [0, 0.05) is 22.0 Å². The van der Waals surface area contributed by atoms with Crippen molar-refractivity contribution in [3.63, 3.8) is 0 Å². The van der Waals surface area contributed by atoms with Gasteiger partial charge >= 0.3 is 0 Å². The Hall–Kier alpha value is -1.80. The molecular weight excluding hydrogens is 326 g/mol. The standard InChI is InChI=1S/C14H12ClN3O3S/c1-7-14(22-21-20-2)18-12(16-7)6-10-9-5-8(15)3-4-11(9)17-13(10)19/h3-6H,1-2H3,(H,16,18)(H,17,19). The minimum absolute atomic E-state index is 0.186. The van der Waals surface area contributed by atoms with Crippen LogP contribution >= 0.6 is 23.6 Å². The molecule has 2 heterocycles. The molecule has 3 rings (SSSR count). The number of halogens is 1. The normalized spacial score (nSPS) is 15.2. The number of nitrogens with zero attached hydrogens (tertiary/aromatic N) is 1. The van der Waals surface area contributed by atoms with Gasteiger partial charge in [0.1, 0.15) is 10.9 Å². The Morgan fingerprint density at radius 1 is 1.41 bits per heavy atom. The third-order valence-electron chi connectivity index (χ3n) is 3.09. The van der Waals surface area contributed by atoms with E-state index in [4.69, 9.17) is 15.9 Å². The maximum atomic E-state index is 12.1. The molecule has 6 nitrogen and oxygen atoms in total. The van der Waals surface area contributed by atoms with E-state index in [0.29, 0.717) is 21.4 Å². The molecule has 1 aliphatic heterocycles. The number of benzene rings is 1. The van der Waals surface area contributed by atoms with Crippen molar-refractivity contribution in [3.8, 4) is 0 Å². The highest BCUT2D eigenvalue weighted by atomic mass is 35.5. The van der Waals surface area contributed by atoms with Crippen molar-refractivity contribution in [2.75, 3.05) is 12.4 Å². The summed E-state index contributed by atoms with van der Waals surface area (Å²) in [7, 11) is 1.42. The first-order chi connectivity index (χ1) is 10.6. The van der Waals surface area contributed by atoms with Crippen LogP contribution in [0.15, 0.2) is 23.2 Å². The van der Waals surface area contributed by atoms with Crippen LogP contribution in [0.2, 0.25) is 5.02 Å². The number of carbonyl (C=O) groups excluding carboxylic acids is 1. The summed E-state index contributed by atoms with van der Waals surface area (Å²) in [6.07, 6.45) is 1.68. The molecule has 1 aromatic heterocycles. The van der Waals surface area contributed by atoms with E-state index in [0.717, 1.165) is 29.0 Å². The molecule has 1 aliphatic rings. The number of hydrogen-bond donors (Lipinski definition) is 2. The molecule has 0 atom stereocenters. The molecule has 0 spiro atoms. The zero-order valence-electron chi connectivity index (χ0n) is 11.8. The van der Waals surface area contributed by atoms with Gasteiger partial charge in [-0.1, -0.05) is 11.6 Å². The van der Waals surface area contributed by atoms with Crippen molar-refractivity contribution in [2.45, 2.75) is 11.9 Å². The number of amides is 1. The minimum Gasteiger partial charge on any atom is -0.342 e. The van der Waals surface area contributed by atoms with E-state index < -0.39 is 0 Å². The molecule has 0 aliphatic carbocycles. The van der Waals surface area contributed by atoms with E-state index in [1.807, 2.05) is 6.92 Å². The summed E-state index contributed by atoms with van der Waals surface area (Å²) in [6, 6.07) is 5.26. The monoisotopic (exact) mass is 337 g/mol. The van der Waals surface area contributed by atoms with E-state index in [2.05, 4.69) is 20.2 Å². The topological polar surface area (TPSA) is 76.2 Å². The Kier molecular flexibility index (Phi) is 4.21. The smallest absolute Gasteiger partial charge is 0.256 e. The van der Waals surface area contributed by atoms with Gasteiger partial charge in [-0.05, 0) is 31.2 Å². The summed E-state index contributed by atoms with van der Waals surface area (Å²) >= 11 is 7.00. The van der Waals surface area contributed by atoms with Crippen LogP contribution in [-0.2, 0) is 14.0 Å². The van der Waals surface area contributed by atoms with Gasteiger partial charge in [-0.25, -0.2) is 9.87 Å². The van der Waals surface area contributed by atoms with E-state index in [1.54, 1.807) is 24.3 Å². The molecule has 0 saturated heterocycles. The Morgan fingerprint density at radius 2 is 2.23 bits per heavy atom. The molecule has 2 aromatic rings. The second-order valence-electron chi connectivity index (χ2n) is 4.57. The lowest BCUT2D eigenvalue weighted by molar-refractivity contribution is -0.160. The van der Waals surface area contributed by atoms with Gasteiger partial charge in [-0.2, -0.15) is 4.33 Å². The Labute approximate surface area is 136 Å².